The first-order valence-corrected chi connectivity index (χ1v) is 3.57. The minimum atomic E-state index is -4.27. The molecule has 0 saturated heterocycles. The van der Waals surface area contributed by atoms with Crippen LogP contribution in [0.3, 0.4) is 0 Å². The Morgan fingerprint density at radius 3 is 2.08 bits per heavy atom. The van der Waals surface area contributed by atoms with Gasteiger partial charge < -0.3 is 4.74 Å². The lowest BCUT2D eigenvalue weighted by molar-refractivity contribution is -0.137. The third kappa shape index (κ3) is 2.73. The minimum Gasteiger partial charge on any atom is -0.374 e. The topological polar surface area (TPSA) is 9.23 Å². The molecule has 1 rings (SSSR count). The summed E-state index contributed by atoms with van der Waals surface area (Å²) < 4.78 is 40.7. The van der Waals surface area contributed by atoms with Crippen LogP contribution in [0, 0.1) is 7.11 Å². The van der Waals surface area contributed by atoms with Gasteiger partial charge in [-0.05, 0) is 17.7 Å². The van der Waals surface area contributed by atoms with Crippen LogP contribution < -0.4 is 0 Å². The van der Waals surface area contributed by atoms with E-state index in [1.807, 2.05) is 0 Å². The molecule has 0 saturated carbocycles. The molecule has 0 atom stereocenters. The largest absolute Gasteiger partial charge is 0.416 e. The Morgan fingerprint density at radius 2 is 1.69 bits per heavy atom. The highest BCUT2D eigenvalue weighted by molar-refractivity contribution is 5.24. The van der Waals surface area contributed by atoms with Gasteiger partial charge in [0.15, 0.2) is 0 Å². The summed E-state index contributed by atoms with van der Waals surface area (Å²) in [4.78, 5) is 0. The van der Waals surface area contributed by atoms with Gasteiger partial charge in [-0.15, -0.1) is 0 Å². The summed E-state index contributed by atoms with van der Waals surface area (Å²) in [5, 5.41) is 0. The molecule has 0 bridgehead atoms. The molecule has 1 nitrogen and oxygen atoms in total. The van der Waals surface area contributed by atoms with Gasteiger partial charge in [-0.2, -0.15) is 13.2 Å². The van der Waals surface area contributed by atoms with Crippen molar-refractivity contribution in [1.82, 2.24) is 0 Å². The fourth-order valence-corrected chi connectivity index (χ4v) is 0.908. The van der Waals surface area contributed by atoms with Crippen molar-refractivity contribution >= 4 is 0 Å². The summed E-state index contributed by atoms with van der Waals surface area (Å²) in [5.74, 6) is 0. The van der Waals surface area contributed by atoms with E-state index in [0.29, 0.717) is 5.56 Å². The molecule has 0 spiro atoms. The van der Waals surface area contributed by atoms with Gasteiger partial charge in [0, 0.05) is 0 Å². The molecule has 0 aromatic heterocycles. The van der Waals surface area contributed by atoms with E-state index >= 15 is 0 Å². The molecule has 0 heterocycles. The van der Waals surface area contributed by atoms with Gasteiger partial charge in [-0.3, -0.25) is 0 Å². The summed E-state index contributed by atoms with van der Waals surface area (Å²) in [6, 6.07) is 4.78. The molecule has 0 aliphatic heterocycles. The Bertz CT molecular complexity index is 263. The highest BCUT2D eigenvalue weighted by Gasteiger charge is 2.29. The number of hydrogen-bond donors (Lipinski definition) is 0. The van der Waals surface area contributed by atoms with Gasteiger partial charge in [0.2, 0.25) is 0 Å². The van der Waals surface area contributed by atoms with Gasteiger partial charge in [-0.1, -0.05) is 12.1 Å². The monoisotopic (exact) mass is 189 g/mol. The first-order valence-electron chi connectivity index (χ1n) is 3.57. The molecular weight excluding hydrogens is 181 g/mol. The Hall–Kier alpha value is -1.03. The van der Waals surface area contributed by atoms with Crippen molar-refractivity contribution in [3.8, 4) is 0 Å². The van der Waals surface area contributed by atoms with Crippen molar-refractivity contribution in [1.29, 1.82) is 0 Å². The lowest BCUT2D eigenvalue weighted by Crippen LogP contribution is -2.04. The predicted octanol–water partition coefficient (Wildman–Crippen LogP) is 3.01. The lowest BCUT2D eigenvalue weighted by atomic mass is 10.1. The molecule has 0 amide bonds. The van der Waals surface area contributed by atoms with Crippen LogP contribution in [0.25, 0.3) is 0 Å². The number of ether oxygens (including phenoxy) is 1. The van der Waals surface area contributed by atoms with E-state index in [2.05, 4.69) is 11.8 Å². The molecular formula is C9H8F3O. The molecule has 0 unspecified atom stereocenters. The molecule has 1 radical (unpaired) electrons. The molecule has 0 N–H and O–H groups in total. The average Bonchev–Trinajstić information content (AvgIpc) is 2.04. The molecule has 0 aliphatic rings. The van der Waals surface area contributed by atoms with Crippen molar-refractivity contribution in [3.05, 3.63) is 42.5 Å². The molecule has 1 aromatic carbocycles. The summed E-state index contributed by atoms with van der Waals surface area (Å²) >= 11 is 0. The minimum absolute atomic E-state index is 0.220. The average molecular weight is 189 g/mol. The Balaban J connectivity index is 2.81. The zero-order chi connectivity index (χ0) is 9.90. The maximum Gasteiger partial charge on any atom is 0.416 e. The lowest BCUT2D eigenvalue weighted by Gasteiger charge is -2.06. The number of hydrogen-bond acceptors (Lipinski definition) is 1. The summed E-state index contributed by atoms with van der Waals surface area (Å²) in [6.07, 6.45) is -4.27. The smallest absolute Gasteiger partial charge is 0.374 e. The predicted molar refractivity (Wildman–Crippen MR) is 41.6 cm³/mol. The Kier molecular flexibility index (Phi) is 2.93. The molecule has 1 aromatic rings. The van der Waals surface area contributed by atoms with Gasteiger partial charge in [0.1, 0.15) is 0 Å². The van der Waals surface area contributed by atoms with Crippen LogP contribution in [0.15, 0.2) is 24.3 Å². The van der Waals surface area contributed by atoms with Crippen LogP contribution in [-0.2, 0) is 17.5 Å². The Morgan fingerprint density at radius 1 is 1.15 bits per heavy atom. The summed E-state index contributed by atoms with van der Waals surface area (Å²) in [7, 11) is 3.13. The van der Waals surface area contributed by atoms with E-state index in [1.165, 1.54) is 12.1 Å². The molecule has 4 heteroatoms. The zero-order valence-electron chi connectivity index (χ0n) is 6.77. The van der Waals surface area contributed by atoms with E-state index in [9.17, 15) is 13.2 Å². The van der Waals surface area contributed by atoms with E-state index in [0.717, 1.165) is 12.1 Å². The van der Waals surface area contributed by atoms with E-state index in [-0.39, 0.29) is 6.61 Å². The van der Waals surface area contributed by atoms with Crippen LogP contribution in [0.1, 0.15) is 11.1 Å². The van der Waals surface area contributed by atoms with Gasteiger partial charge in [0.25, 0.3) is 0 Å². The standard InChI is InChI=1S/C9H8F3O/c1-13-6-7-2-4-8(5-3-7)9(10,11)12/h2-5H,1,6H2. The fourth-order valence-electron chi connectivity index (χ4n) is 0.908. The summed E-state index contributed by atoms with van der Waals surface area (Å²) in [5.41, 5.74) is 0.0170. The van der Waals surface area contributed by atoms with Crippen LogP contribution >= 0.6 is 0 Å². The fraction of sp³-hybridized carbons (Fsp3) is 0.222. The quantitative estimate of drug-likeness (QED) is 0.694. The second kappa shape index (κ2) is 3.79. The highest BCUT2D eigenvalue weighted by Crippen LogP contribution is 2.29. The first-order chi connectivity index (χ1) is 6.04. The molecule has 13 heavy (non-hydrogen) atoms. The maximum absolute atomic E-state index is 12.1. The number of halogens is 3. The van der Waals surface area contributed by atoms with Gasteiger partial charge in [-0.25, -0.2) is 0 Å². The zero-order valence-corrected chi connectivity index (χ0v) is 6.77. The van der Waals surface area contributed by atoms with Crippen LogP contribution in [0.4, 0.5) is 13.2 Å². The van der Waals surface area contributed by atoms with E-state index in [4.69, 9.17) is 0 Å². The number of benzene rings is 1. The Labute approximate surface area is 74.1 Å². The van der Waals surface area contributed by atoms with Crippen LogP contribution in [-0.4, -0.2) is 0 Å². The second-order valence-electron chi connectivity index (χ2n) is 2.54. The third-order valence-corrected chi connectivity index (χ3v) is 1.55. The second-order valence-corrected chi connectivity index (χ2v) is 2.54. The SMILES string of the molecule is [CH2]OCc1ccc(C(F)(F)F)cc1. The van der Waals surface area contributed by atoms with Crippen molar-refractivity contribution < 1.29 is 17.9 Å². The third-order valence-electron chi connectivity index (χ3n) is 1.55. The van der Waals surface area contributed by atoms with E-state index < -0.39 is 11.7 Å². The van der Waals surface area contributed by atoms with Crippen molar-refractivity contribution in [2.75, 3.05) is 0 Å². The van der Waals surface area contributed by atoms with Crippen LogP contribution in [0.2, 0.25) is 0 Å². The molecule has 0 aliphatic carbocycles. The highest BCUT2D eigenvalue weighted by atomic mass is 19.4. The number of rotatable bonds is 2. The molecule has 0 fully saturated rings. The van der Waals surface area contributed by atoms with Crippen LogP contribution in [0.5, 0.6) is 0 Å². The van der Waals surface area contributed by atoms with E-state index in [1.54, 1.807) is 0 Å². The first kappa shape index (κ1) is 10.1. The number of alkyl halides is 3. The van der Waals surface area contributed by atoms with Crippen molar-refractivity contribution in [3.63, 3.8) is 0 Å². The normalized spacial score (nSPS) is 11.7. The van der Waals surface area contributed by atoms with Crippen molar-refractivity contribution in [2.24, 2.45) is 0 Å². The maximum atomic E-state index is 12.1. The van der Waals surface area contributed by atoms with Gasteiger partial charge >= 0.3 is 6.18 Å². The van der Waals surface area contributed by atoms with Crippen molar-refractivity contribution in [2.45, 2.75) is 12.8 Å². The molecule has 71 valence electrons. The summed E-state index contributed by atoms with van der Waals surface area (Å²) in [6.45, 7) is 0.220. The van der Waals surface area contributed by atoms with Gasteiger partial charge in [0.05, 0.1) is 19.3 Å².